The summed E-state index contributed by atoms with van der Waals surface area (Å²) in [4.78, 5) is 10.7. The molecule has 1 aromatic carbocycles. The highest BCUT2D eigenvalue weighted by Crippen LogP contribution is 2.74. The molecule has 2 bridgehead atoms. The largest absolute Gasteiger partial charge is 0.273 e. The van der Waals surface area contributed by atoms with Crippen molar-refractivity contribution in [2.24, 2.45) is 5.41 Å². The molecule has 0 aliphatic heterocycles. The van der Waals surface area contributed by atoms with Crippen molar-refractivity contribution >= 4 is 17.3 Å². The first-order valence-corrected chi connectivity index (χ1v) is 5.94. The van der Waals surface area contributed by atoms with Crippen molar-refractivity contribution in [1.29, 1.82) is 0 Å². The fourth-order valence-electron chi connectivity index (χ4n) is 3.51. The van der Waals surface area contributed by atoms with Crippen LogP contribution in [0.25, 0.3) is 0 Å². The summed E-state index contributed by atoms with van der Waals surface area (Å²) in [6.45, 7) is 0. The summed E-state index contributed by atoms with van der Waals surface area (Å²) >= 11 is 5.90. The van der Waals surface area contributed by atoms with Gasteiger partial charge in [-0.25, -0.2) is 0 Å². The summed E-state index contributed by atoms with van der Waals surface area (Å²) in [6.07, 6.45) is 3.07. The second-order valence-corrected chi connectivity index (χ2v) is 5.49. The Morgan fingerprint density at radius 1 is 1.31 bits per heavy atom. The first kappa shape index (κ1) is 10.1. The molecule has 0 atom stereocenters. The smallest absolute Gasteiger partial charge is 0.258 e. The van der Waals surface area contributed by atoms with E-state index < -0.39 is 0 Å². The van der Waals surface area contributed by atoms with Crippen LogP contribution in [0.1, 0.15) is 24.8 Å². The van der Waals surface area contributed by atoms with E-state index in [1.807, 2.05) is 12.1 Å². The second kappa shape index (κ2) is 2.98. The number of halogens is 1. The standard InChI is InChI=1S/C12H12ClNO2/c13-8-11-5-12(6-11,7-11)9-3-1-2-4-10(9)14(15)16/h1-4H,5-8H2. The number of hydrogen-bond acceptors (Lipinski definition) is 2. The van der Waals surface area contributed by atoms with Crippen LogP contribution in [0.4, 0.5) is 5.69 Å². The third-order valence-electron chi connectivity index (χ3n) is 4.10. The fraction of sp³-hybridized carbons (Fsp3) is 0.500. The Kier molecular flexibility index (Phi) is 1.88. The molecule has 3 aliphatic rings. The number of nitro benzene ring substituents is 1. The third-order valence-corrected chi connectivity index (χ3v) is 4.66. The first-order valence-electron chi connectivity index (χ1n) is 5.41. The van der Waals surface area contributed by atoms with Crippen molar-refractivity contribution in [3.05, 3.63) is 39.9 Å². The van der Waals surface area contributed by atoms with E-state index in [4.69, 9.17) is 11.6 Å². The van der Waals surface area contributed by atoms with Gasteiger partial charge in [0.05, 0.1) is 4.92 Å². The molecule has 1 aromatic rings. The van der Waals surface area contributed by atoms with Crippen LogP contribution in [-0.4, -0.2) is 10.8 Å². The maximum absolute atomic E-state index is 11.0. The Hall–Kier alpha value is -1.09. The van der Waals surface area contributed by atoms with Crippen molar-refractivity contribution in [3.63, 3.8) is 0 Å². The van der Waals surface area contributed by atoms with Crippen LogP contribution >= 0.6 is 11.6 Å². The Balaban J connectivity index is 1.95. The van der Waals surface area contributed by atoms with Crippen LogP contribution in [0.15, 0.2) is 24.3 Å². The number of hydrogen-bond donors (Lipinski definition) is 0. The van der Waals surface area contributed by atoms with Gasteiger partial charge in [0.2, 0.25) is 0 Å². The van der Waals surface area contributed by atoms with Gasteiger partial charge in [-0.2, -0.15) is 0 Å². The van der Waals surface area contributed by atoms with Crippen LogP contribution in [-0.2, 0) is 5.41 Å². The molecule has 3 fully saturated rings. The van der Waals surface area contributed by atoms with Gasteiger partial charge in [0.1, 0.15) is 0 Å². The highest BCUT2D eigenvalue weighted by atomic mass is 35.5. The van der Waals surface area contributed by atoms with E-state index in [1.54, 1.807) is 12.1 Å². The Labute approximate surface area is 98.6 Å². The van der Waals surface area contributed by atoms with Crippen molar-refractivity contribution < 1.29 is 4.92 Å². The van der Waals surface area contributed by atoms with Gasteiger partial charge < -0.3 is 0 Å². The zero-order chi connectivity index (χ0) is 11.4. The maximum Gasteiger partial charge on any atom is 0.273 e. The molecule has 3 aliphatic carbocycles. The zero-order valence-corrected chi connectivity index (χ0v) is 9.54. The van der Waals surface area contributed by atoms with Gasteiger partial charge in [-0.3, -0.25) is 10.1 Å². The maximum atomic E-state index is 11.0. The number of para-hydroxylation sites is 1. The lowest BCUT2D eigenvalue weighted by atomic mass is 9.34. The minimum atomic E-state index is -0.275. The predicted octanol–water partition coefficient (Wildman–Crippen LogP) is 3.26. The summed E-state index contributed by atoms with van der Waals surface area (Å²) in [6, 6.07) is 7.11. The molecule has 0 radical (unpaired) electrons. The second-order valence-electron chi connectivity index (χ2n) is 5.22. The quantitative estimate of drug-likeness (QED) is 0.460. The van der Waals surface area contributed by atoms with Gasteiger partial charge in [-0.15, -0.1) is 11.6 Å². The molecule has 84 valence electrons. The summed E-state index contributed by atoms with van der Waals surface area (Å²) in [7, 11) is 0. The molecule has 0 spiro atoms. The minimum Gasteiger partial charge on any atom is -0.258 e. The molecule has 3 nitrogen and oxygen atoms in total. The van der Waals surface area contributed by atoms with E-state index in [2.05, 4.69) is 0 Å². The molecule has 0 aromatic heterocycles. The van der Waals surface area contributed by atoms with Gasteiger partial charge in [0.25, 0.3) is 5.69 Å². The molecule has 4 heteroatoms. The topological polar surface area (TPSA) is 43.1 Å². The lowest BCUT2D eigenvalue weighted by Crippen LogP contribution is -2.65. The van der Waals surface area contributed by atoms with Crippen LogP contribution in [0, 0.1) is 15.5 Å². The normalized spacial score (nSPS) is 35.1. The number of nitrogens with zero attached hydrogens (tertiary/aromatic N) is 1. The molecule has 0 saturated heterocycles. The Morgan fingerprint density at radius 2 is 1.94 bits per heavy atom. The van der Waals surface area contributed by atoms with Gasteiger partial charge in [-0.1, -0.05) is 18.2 Å². The predicted molar refractivity (Wildman–Crippen MR) is 61.8 cm³/mol. The van der Waals surface area contributed by atoms with Crippen molar-refractivity contribution in [3.8, 4) is 0 Å². The number of benzene rings is 1. The van der Waals surface area contributed by atoms with Gasteiger partial charge in [0.15, 0.2) is 0 Å². The lowest BCUT2D eigenvalue weighted by Gasteiger charge is -2.70. The van der Waals surface area contributed by atoms with Gasteiger partial charge >= 0.3 is 0 Å². The molecule has 3 saturated carbocycles. The molecular formula is C12H12ClNO2. The van der Waals surface area contributed by atoms with E-state index in [0.717, 1.165) is 24.8 Å². The van der Waals surface area contributed by atoms with Crippen molar-refractivity contribution in [1.82, 2.24) is 0 Å². The minimum absolute atomic E-state index is 0.0680. The molecule has 16 heavy (non-hydrogen) atoms. The molecule has 0 amide bonds. The monoisotopic (exact) mass is 237 g/mol. The number of nitro groups is 1. The van der Waals surface area contributed by atoms with E-state index >= 15 is 0 Å². The highest BCUT2D eigenvalue weighted by Gasteiger charge is 2.68. The third kappa shape index (κ3) is 1.09. The first-order chi connectivity index (χ1) is 7.61. The summed E-state index contributed by atoms with van der Waals surface area (Å²) in [5.74, 6) is 0.690. The molecule has 0 unspecified atom stereocenters. The zero-order valence-electron chi connectivity index (χ0n) is 8.78. The number of rotatable bonds is 3. The molecule has 0 N–H and O–H groups in total. The van der Waals surface area contributed by atoms with Crippen LogP contribution in [0.3, 0.4) is 0 Å². The van der Waals surface area contributed by atoms with Crippen LogP contribution in [0.2, 0.25) is 0 Å². The Bertz CT molecular complexity index is 452. The summed E-state index contributed by atoms with van der Waals surface area (Å²) in [5, 5.41) is 11.0. The molecular weight excluding hydrogens is 226 g/mol. The molecule has 4 rings (SSSR count). The van der Waals surface area contributed by atoms with E-state index in [-0.39, 0.29) is 16.0 Å². The summed E-state index contributed by atoms with van der Waals surface area (Å²) < 4.78 is 0. The van der Waals surface area contributed by atoms with Crippen LogP contribution in [0.5, 0.6) is 0 Å². The van der Waals surface area contributed by atoms with Crippen LogP contribution < -0.4 is 0 Å². The van der Waals surface area contributed by atoms with Gasteiger partial charge in [-0.05, 0) is 24.7 Å². The summed E-state index contributed by atoms with van der Waals surface area (Å²) in [5.41, 5.74) is 1.54. The lowest BCUT2D eigenvalue weighted by molar-refractivity contribution is -0.387. The fourth-order valence-corrected chi connectivity index (χ4v) is 3.79. The average molecular weight is 238 g/mol. The SMILES string of the molecule is O=[N+]([O-])c1ccccc1C12CC(CCl)(C1)C2. The average Bonchev–Trinajstić information content (AvgIpc) is 2.15. The Morgan fingerprint density at radius 3 is 2.50 bits per heavy atom. The number of alkyl halides is 1. The van der Waals surface area contributed by atoms with E-state index in [1.165, 1.54) is 0 Å². The van der Waals surface area contributed by atoms with Gasteiger partial charge in [0, 0.05) is 22.9 Å². The van der Waals surface area contributed by atoms with Crippen molar-refractivity contribution in [2.75, 3.05) is 5.88 Å². The van der Waals surface area contributed by atoms with E-state index in [9.17, 15) is 10.1 Å². The highest BCUT2D eigenvalue weighted by molar-refractivity contribution is 6.18. The molecule has 0 heterocycles. The van der Waals surface area contributed by atoms with Crippen molar-refractivity contribution in [2.45, 2.75) is 24.7 Å². The van der Waals surface area contributed by atoms with E-state index in [0.29, 0.717) is 11.3 Å².